The summed E-state index contributed by atoms with van der Waals surface area (Å²) in [6.45, 7) is 0.953. The number of hydrogen-bond donors (Lipinski definition) is 0. The van der Waals surface area contributed by atoms with E-state index in [1.54, 1.807) is 22.8 Å². The molecule has 6 rings (SSSR count). The summed E-state index contributed by atoms with van der Waals surface area (Å²) in [4.78, 5) is 33.2. The average Bonchev–Trinajstić information content (AvgIpc) is 3.37. The van der Waals surface area contributed by atoms with Crippen molar-refractivity contribution in [1.29, 1.82) is 0 Å². The van der Waals surface area contributed by atoms with Gasteiger partial charge in [-0.2, -0.15) is 0 Å². The number of ether oxygens (including phenoxy) is 2. The highest BCUT2D eigenvalue weighted by Crippen LogP contribution is 2.34. The number of benzene rings is 3. The molecule has 0 unspecified atom stereocenters. The molecule has 0 radical (unpaired) electrons. The van der Waals surface area contributed by atoms with Gasteiger partial charge in [-0.15, -0.1) is 11.3 Å². The van der Waals surface area contributed by atoms with Crippen LogP contribution in [0.15, 0.2) is 94.9 Å². The van der Waals surface area contributed by atoms with Gasteiger partial charge in [0.15, 0.2) is 22.4 Å². The predicted molar refractivity (Wildman–Crippen MR) is 143 cm³/mol. The maximum atomic E-state index is 13.7. The van der Waals surface area contributed by atoms with Crippen molar-refractivity contribution in [2.45, 2.75) is 5.16 Å². The molecule has 0 fully saturated rings. The third-order valence-electron chi connectivity index (χ3n) is 5.80. The average molecular weight is 513 g/mol. The van der Waals surface area contributed by atoms with Gasteiger partial charge in [0.1, 0.15) is 18.0 Å². The van der Waals surface area contributed by atoms with Gasteiger partial charge in [-0.05, 0) is 42.0 Å². The fraction of sp³-hybridized carbons (Fsp3) is 0.107. The largest absolute Gasteiger partial charge is 0.486 e. The van der Waals surface area contributed by atoms with E-state index in [2.05, 4.69) is 0 Å². The zero-order valence-electron chi connectivity index (χ0n) is 19.0. The summed E-state index contributed by atoms with van der Waals surface area (Å²) in [5.74, 6) is 1.26. The van der Waals surface area contributed by atoms with Crippen molar-refractivity contribution in [3.63, 3.8) is 0 Å². The molecular weight excluding hydrogens is 492 g/mol. The van der Waals surface area contributed by atoms with Gasteiger partial charge in [0.25, 0.3) is 5.56 Å². The number of carbonyl (C=O) groups excluding carboxylic acids is 1. The number of para-hydroxylation sites is 1. The Balaban J connectivity index is 1.37. The van der Waals surface area contributed by atoms with E-state index in [-0.39, 0.29) is 17.1 Å². The zero-order valence-corrected chi connectivity index (χ0v) is 20.7. The Morgan fingerprint density at radius 2 is 1.64 bits per heavy atom. The lowest BCUT2D eigenvalue weighted by molar-refractivity contribution is 0.102. The summed E-state index contributed by atoms with van der Waals surface area (Å²) in [7, 11) is 0. The smallest absolute Gasteiger partial charge is 0.267 e. The number of aromatic nitrogens is 2. The van der Waals surface area contributed by atoms with Gasteiger partial charge in [-0.25, -0.2) is 4.98 Å². The van der Waals surface area contributed by atoms with Crippen LogP contribution >= 0.6 is 23.1 Å². The Morgan fingerprint density at radius 3 is 2.42 bits per heavy atom. The van der Waals surface area contributed by atoms with Crippen molar-refractivity contribution in [2.24, 2.45) is 0 Å². The number of nitrogens with zero attached hydrogens (tertiary/aromatic N) is 2. The van der Waals surface area contributed by atoms with Gasteiger partial charge >= 0.3 is 0 Å². The van der Waals surface area contributed by atoms with E-state index >= 15 is 0 Å². The molecule has 3 aromatic carbocycles. The van der Waals surface area contributed by atoms with Crippen molar-refractivity contribution in [3.8, 4) is 27.6 Å². The lowest BCUT2D eigenvalue weighted by atomic mass is 10.1. The number of thioether (sulfide) groups is 1. The molecule has 0 spiro atoms. The van der Waals surface area contributed by atoms with E-state index < -0.39 is 0 Å². The van der Waals surface area contributed by atoms with Crippen molar-refractivity contribution in [1.82, 2.24) is 9.55 Å². The Morgan fingerprint density at radius 1 is 0.917 bits per heavy atom. The van der Waals surface area contributed by atoms with Crippen LogP contribution in [0, 0.1) is 0 Å². The van der Waals surface area contributed by atoms with Gasteiger partial charge < -0.3 is 9.47 Å². The monoisotopic (exact) mass is 512 g/mol. The van der Waals surface area contributed by atoms with Crippen LogP contribution in [0.5, 0.6) is 11.5 Å². The molecule has 6 nitrogen and oxygen atoms in total. The third kappa shape index (κ3) is 4.29. The van der Waals surface area contributed by atoms with E-state index in [0.717, 1.165) is 10.4 Å². The quantitative estimate of drug-likeness (QED) is 0.161. The number of rotatable bonds is 6. The highest BCUT2D eigenvalue weighted by molar-refractivity contribution is 7.99. The highest BCUT2D eigenvalue weighted by Gasteiger charge is 2.19. The zero-order chi connectivity index (χ0) is 24.5. The molecule has 0 saturated carbocycles. The number of ketones is 1. The molecule has 36 heavy (non-hydrogen) atoms. The summed E-state index contributed by atoms with van der Waals surface area (Å²) in [6, 6.07) is 26.4. The molecule has 0 amide bonds. The molecule has 1 aliphatic rings. The van der Waals surface area contributed by atoms with Crippen molar-refractivity contribution < 1.29 is 14.3 Å². The molecule has 2 aromatic heterocycles. The lowest BCUT2D eigenvalue weighted by Crippen LogP contribution is -2.21. The molecule has 0 atom stereocenters. The van der Waals surface area contributed by atoms with Crippen molar-refractivity contribution >= 4 is 39.1 Å². The maximum absolute atomic E-state index is 13.7. The molecule has 0 bridgehead atoms. The summed E-state index contributed by atoms with van der Waals surface area (Å²) in [5, 5.41) is 1.04. The van der Waals surface area contributed by atoms with Crippen LogP contribution in [-0.2, 0) is 0 Å². The number of hydrogen-bond acceptors (Lipinski definition) is 7. The molecule has 0 N–H and O–H groups in total. The standard InChI is InChI=1S/C28H20N2O4S2/c31-22(19-11-12-23-24(15-19)34-14-13-33-23)17-35-28-29-26-21(16-25(36-26)18-7-3-1-4-8-18)27(32)30(28)20-9-5-2-6-10-20/h1-12,15-16H,13-14,17H2. The van der Waals surface area contributed by atoms with E-state index in [4.69, 9.17) is 14.5 Å². The van der Waals surface area contributed by atoms with E-state index in [1.807, 2.05) is 66.7 Å². The number of fused-ring (bicyclic) bond motifs is 2. The van der Waals surface area contributed by atoms with Crippen molar-refractivity contribution in [2.75, 3.05) is 19.0 Å². The van der Waals surface area contributed by atoms with Crippen LogP contribution in [0.1, 0.15) is 10.4 Å². The summed E-state index contributed by atoms with van der Waals surface area (Å²) in [6.07, 6.45) is 0. The Hall–Kier alpha value is -3.88. The lowest BCUT2D eigenvalue weighted by Gasteiger charge is -2.18. The van der Waals surface area contributed by atoms with Gasteiger partial charge in [-0.3, -0.25) is 14.2 Å². The molecule has 0 aliphatic carbocycles. The van der Waals surface area contributed by atoms with E-state index in [1.165, 1.54) is 23.1 Å². The molecule has 5 aromatic rings. The summed E-state index contributed by atoms with van der Waals surface area (Å²) < 4.78 is 12.8. The van der Waals surface area contributed by atoms with E-state index in [9.17, 15) is 9.59 Å². The van der Waals surface area contributed by atoms with Crippen LogP contribution in [0.3, 0.4) is 0 Å². The van der Waals surface area contributed by atoms with Gasteiger partial charge in [-0.1, -0.05) is 60.3 Å². The SMILES string of the molecule is O=C(CSc1nc2sc(-c3ccccc3)cc2c(=O)n1-c1ccccc1)c1ccc2c(c1)OCCO2. The second-order valence-electron chi connectivity index (χ2n) is 8.14. The van der Waals surface area contributed by atoms with Crippen molar-refractivity contribution in [3.05, 3.63) is 101 Å². The van der Waals surface area contributed by atoms with Crippen LogP contribution < -0.4 is 15.0 Å². The topological polar surface area (TPSA) is 70.4 Å². The second-order valence-corrected chi connectivity index (χ2v) is 10.1. The molecule has 3 heterocycles. The Labute approximate surface area is 215 Å². The fourth-order valence-electron chi connectivity index (χ4n) is 4.04. The summed E-state index contributed by atoms with van der Waals surface area (Å²) in [5.41, 5.74) is 2.12. The number of carbonyl (C=O) groups is 1. The molecule has 8 heteroatoms. The first-order valence-electron chi connectivity index (χ1n) is 11.4. The minimum atomic E-state index is -0.154. The molecule has 0 saturated heterocycles. The summed E-state index contributed by atoms with van der Waals surface area (Å²) >= 11 is 2.73. The Bertz CT molecular complexity index is 1630. The molecule has 1 aliphatic heterocycles. The number of Topliss-reactive ketones (excluding diaryl/α,β-unsaturated/α-hetero) is 1. The normalized spacial score (nSPS) is 12.6. The highest BCUT2D eigenvalue weighted by atomic mass is 32.2. The first-order chi connectivity index (χ1) is 17.7. The minimum Gasteiger partial charge on any atom is -0.486 e. The fourth-order valence-corrected chi connectivity index (χ4v) is 6.02. The second kappa shape index (κ2) is 9.64. The predicted octanol–water partition coefficient (Wildman–Crippen LogP) is 5.86. The maximum Gasteiger partial charge on any atom is 0.267 e. The van der Waals surface area contributed by atoms with Crippen LogP contribution in [0.25, 0.3) is 26.3 Å². The molecular formula is C28H20N2O4S2. The van der Waals surface area contributed by atoms with E-state index in [0.29, 0.717) is 51.3 Å². The van der Waals surface area contributed by atoms with Crippen LogP contribution in [0.4, 0.5) is 0 Å². The first kappa shape index (κ1) is 22.6. The van der Waals surface area contributed by atoms with Crippen LogP contribution in [0.2, 0.25) is 0 Å². The van der Waals surface area contributed by atoms with Gasteiger partial charge in [0.05, 0.1) is 16.8 Å². The third-order valence-corrected chi connectivity index (χ3v) is 7.82. The number of thiophene rings is 1. The van der Waals surface area contributed by atoms with Gasteiger partial charge in [0.2, 0.25) is 0 Å². The Kier molecular flexibility index (Phi) is 6.04. The first-order valence-corrected chi connectivity index (χ1v) is 13.2. The molecule has 178 valence electrons. The van der Waals surface area contributed by atoms with Gasteiger partial charge in [0, 0.05) is 10.4 Å². The van der Waals surface area contributed by atoms with Crippen LogP contribution in [-0.4, -0.2) is 34.3 Å². The minimum absolute atomic E-state index is 0.0814.